The summed E-state index contributed by atoms with van der Waals surface area (Å²) >= 11 is 0. The van der Waals surface area contributed by atoms with E-state index in [2.05, 4.69) is 37.3 Å². The Morgan fingerprint density at radius 1 is 1.15 bits per heavy atom. The van der Waals surface area contributed by atoms with Crippen molar-refractivity contribution in [2.45, 2.75) is 26.2 Å². The molecule has 0 spiro atoms. The molecule has 142 valence electrons. The number of hydrogen-bond donors (Lipinski definition) is 2. The molecule has 0 amide bonds. The van der Waals surface area contributed by atoms with E-state index >= 15 is 0 Å². The van der Waals surface area contributed by atoms with Gasteiger partial charge in [0.15, 0.2) is 0 Å². The molecule has 2 N–H and O–H groups in total. The number of methoxy groups -OCH3 is 1. The predicted octanol–water partition coefficient (Wildman–Crippen LogP) is 3.42. The third-order valence-electron chi connectivity index (χ3n) is 4.54. The lowest BCUT2D eigenvalue weighted by atomic mass is 10.1. The maximum absolute atomic E-state index is 5.46. The van der Waals surface area contributed by atoms with Crippen molar-refractivity contribution in [3.63, 3.8) is 0 Å². The zero-order chi connectivity index (χ0) is 19.1. The molecule has 0 saturated carbocycles. The minimum atomic E-state index is 0.553. The molecular formula is C21H27N5O. The van der Waals surface area contributed by atoms with Crippen molar-refractivity contribution in [3.8, 4) is 17.6 Å². The van der Waals surface area contributed by atoms with E-state index < -0.39 is 0 Å². The van der Waals surface area contributed by atoms with E-state index in [-0.39, 0.29) is 0 Å². The fourth-order valence-electron chi connectivity index (χ4n) is 3.13. The fourth-order valence-corrected chi connectivity index (χ4v) is 3.13. The molecule has 0 unspecified atom stereocenters. The van der Waals surface area contributed by atoms with E-state index in [1.165, 1.54) is 19.3 Å². The summed E-state index contributed by atoms with van der Waals surface area (Å²) in [6, 6.07) is 7.74. The van der Waals surface area contributed by atoms with E-state index in [0.717, 1.165) is 48.1 Å². The molecule has 1 aromatic carbocycles. The highest BCUT2D eigenvalue weighted by Crippen LogP contribution is 2.24. The molecule has 0 bridgehead atoms. The van der Waals surface area contributed by atoms with Gasteiger partial charge in [0.05, 0.1) is 19.2 Å². The van der Waals surface area contributed by atoms with Crippen LogP contribution in [0.4, 0.5) is 17.5 Å². The van der Waals surface area contributed by atoms with Gasteiger partial charge in [-0.05, 0) is 51.1 Å². The Morgan fingerprint density at radius 2 is 1.96 bits per heavy atom. The highest BCUT2D eigenvalue weighted by molar-refractivity contribution is 5.62. The number of likely N-dealkylation sites (tertiary alicyclic amines) is 1. The number of aromatic nitrogens is 2. The minimum absolute atomic E-state index is 0.553. The molecule has 1 aliphatic heterocycles. The quantitative estimate of drug-likeness (QED) is 0.792. The molecule has 1 aliphatic rings. The maximum atomic E-state index is 5.46. The van der Waals surface area contributed by atoms with Crippen LogP contribution in [0.5, 0.6) is 5.75 Å². The number of hydrogen-bond acceptors (Lipinski definition) is 6. The van der Waals surface area contributed by atoms with Crippen molar-refractivity contribution in [3.05, 3.63) is 35.5 Å². The van der Waals surface area contributed by atoms with Crippen molar-refractivity contribution in [1.82, 2.24) is 14.9 Å². The fraction of sp³-hybridized carbons (Fsp3) is 0.429. The molecule has 0 radical (unpaired) electrons. The van der Waals surface area contributed by atoms with E-state index in [4.69, 9.17) is 4.74 Å². The van der Waals surface area contributed by atoms with Crippen LogP contribution in [0.3, 0.4) is 0 Å². The van der Waals surface area contributed by atoms with Gasteiger partial charge in [-0.3, -0.25) is 4.90 Å². The molecule has 1 fully saturated rings. The lowest BCUT2D eigenvalue weighted by Gasteiger charge is -2.23. The van der Waals surface area contributed by atoms with Gasteiger partial charge in [0.1, 0.15) is 11.6 Å². The normalized spacial score (nSPS) is 14.2. The van der Waals surface area contributed by atoms with E-state index in [1.807, 2.05) is 38.2 Å². The maximum Gasteiger partial charge on any atom is 0.229 e. The Bertz CT molecular complexity index is 834. The Labute approximate surface area is 161 Å². The number of anilines is 3. The molecular weight excluding hydrogens is 338 g/mol. The summed E-state index contributed by atoms with van der Waals surface area (Å²) in [7, 11) is 3.51. The van der Waals surface area contributed by atoms with Crippen LogP contribution in [-0.2, 0) is 0 Å². The first-order valence-corrected chi connectivity index (χ1v) is 9.37. The highest BCUT2D eigenvalue weighted by Gasteiger charge is 2.08. The number of rotatable bonds is 5. The van der Waals surface area contributed by atoms with Gasteiger partial charge in [0.25, 0.3) is 0 Å². The molecule has 1 aromatic heterocycles. The van der Waals surface area contributed by atoms with Crippen LogP contribution in [0.15, 0.2) is 24.3 Å². The monoisotopic (exact) mass is 365 g/mol. The van der Waals surface area contributed by atoms with Gasteiger partial charge in [-0.1, -0.05) is 18.3 Å². The first kappa shape index (κ1) is 19.0. The first-order chi connectivity index (χ1) is 13.2. The third kappa shape index (κ3) is 5.35. The molecule has 0 aliphatic carbocycles. The van der Waals surface area contributed by atoms with E-state index in [0.29, 0.717) is 5.95 Å². The van der Waals surface area contributed by atoms with Gasteiger partial charge >= 0.3 is 0 Å². The van der Waals surface area contributed by atoms with Crippen molar-refractivity contribution >= 4 is 17.5 Å². The lowest BCUT2D eigenvalue weighted by Crippen LogP contribution is -2.29. The van der Waals surface area contributed by atoms with Gasteiger partial charge < -0.3 is 15.4 Å². The average Bonchev–Trinajstić information content (AvgIpc) is 2.68. The van der Waals surface area contributed by atoms with E-state index in [9.17, 15) is 0 Å². The summed E-state index contributed by atoms with van der Waals surface area (Å²) in [5.41, 5.74) is 2.64. The number of piperidine rings is 1. The number of ether oxygens (including phenoxy) is 1. The number of nitrogens with one attached hydrogen (secondary N) is 2. The van der Waals surface area contributed by atoms with Crippen LogP contribution in [0.2, 0.25) is 0 Å². The summed E-state index contributed by atoms with van der Waals surface area (Å²) in [5, 5.41) is 6.30. The largest absolute Gasteiger partial charge is 0.495 e. The summed E-state index contributed by atoms with van der Waals surface area (Å²) in [6.07, 6.45) is 3.88. The lowest BCUT2D eigenvalue weighted by molar-refractivity contribution is 0.255. The summed E-state index contributed by atoms with van der Waals surface area (Å²) < 4.78 is 5.46. The zero-order valence-corrected chi connectivity index (χ0v) is 16.3. The molecule has 2 heterocycles. The van der Waals surface area contributed by atoms with Crippen molar-refractivity contribution in [2.24, 2.45) is 0 Å². The highest BCUT2D eigenvalue weighted by atomic mass is 16.5. The van der Waals surface area contributed by atoms with Gasteiger partial charge in [-0.15, -0.1) is 0 Å². The Morgan fingerprint density at radius 3 is 2.70 bits per heavy atom. The van der Waals surface area contributed by atoms with Crippen LogP contribution in [0.1, 0.15) is 30.5 Å². The van der Waals surface area contributed by atoms with Crippen LogP contribution in [-0.4, -0.2) is 48.7 Å². The van der Waals surface area contributed by atoms with Gasteiger partial charge in [-0.25, -0.2) is 4.98 Å². The number of aryl methyl sites for hydroxylation is 1. The van der Waals surface area contributed by atoms with Crippen LogP contribution in [0, 0.1) is 18.8 Å². The molecule has 6 heteroatoms. The molecule has 3 rings (SSSR count). The van der Waals surface area contributed by atoms with Crippen molar-refractivity contribution in [1.29, 1.82) is 0 Å². The number of nitrogens with zero attached hydrogens (tertiary/aromatic N) is 3. The minimum Gasteiger partial charge on any atom is -0.495 e. The van der Waals surface area contributed by atoms with Crippen LogP contribution < -0.4 is 15.4 Å². The van der Waals surface area contributed by atoms with Crippen molar-refractivity contribution in [2.75, 3.05) is 44.4 Å². The average molecular weight is 365 g/mol. The second-order valence-electron chi connectivity index (χ2n) is 6.65. The summed E-state index contributed by atoms with van der Waals surface area (Å²) in [6.45, 7) is 5.03. The smallest absolute Gasteiger partial charge is 0.229 e. The Hall–Kier alpha value is -2.78. The predicted molar refractivity (Wildman–Crippen MR) is 110 cm³/mol. The zero-order valence-electron chi connectivity index (χ0n) is 16.3. The standard InChI is InChI=1S/C21H27N5O/c1-16-14-20(22-2)25-21(23-16)24-18-9-10-19(27-3)17(15-18)8-7-13-26-11-5-4-6-12-26/h9-10,14-15H,4-6,11-13H2,1-3H3,(H2,22,23,24,25). The summed E-state index contributed by atoms with van der Waals surface area (Å²) in [5.74, 6) is 8.65. The first-order valence-electron chi connectivity index (χ1n) is 9.37. The second kappa shape index (κ2) is 9.24. The Kier molecular flexibility index (Phi) is 6.50. The van der Waals surface area contributed by atoms with E-state index in [1.54, 1.807) is 7.11 Å². The van der Waals surface area contributed by atoms with Crippen LogP contribution in [0.25, 0.3) is 0 Å². The Balaban J connectivity index is 1.76. The number of benzene rings is 1. The van der Waals surface area contributed by atoms with Crippen molar-refractivity contribution < 1.29 is 4.74 Å². The second-order valence-corrected chi connectivity index (χ2v) is 6.65. The molecule has 6 nitrogen and oxygen atoms in total. The topological polar surface area (TPSA) is 62.3 Å². The van der Waals surface area contributed by atoms with Gasteiger partial charge in [-0.2, -0.15) is 4.98 Å². The van der Waals surface area contributed by atoms with Gasteiger partial charge in [0.2, 0.25) is 5.95 Å². The molecule has 2 aromatic rings. The molecule has 0 atom stereocenters. The van der Waals surface area contributed by atoms with Crippen LogP contribution >= 0.6 is 0 Å². The molecule has 1 saturated heterocycles. The third-order valence-corrected chi connectivity index (χ3v) is 4.54. The van der Waals surface area contributed by atoms with Gasteiger partial charge in [0, 0.05) is 24.5 Å². The summed E-state index contributed by atoms with van der Waals surface area (Å²) in [4.78, 5) is 11.3. The SMILES string of the molecule is CNc1cc(C)nc(Nc2ccc(OC)c(C#CCN3CCCCC3)c2)n1. The molecule has 27 heavy (non-hydrogen) atoms.